The summed E-state index contributed by atoms with van der Waals surface area (Å²) in [4.78, 5) is 18.5. The van der Waals surface area contributed by atoms with E-state index < -0.39 is 21.7 Å². The number of halogens is 1. The van der Waals surface area contributed by atoms with Gasteiger partial charge in [0.15, 0.2) is 5.96 Å². The van der Waals surface area contributed by atoms with E-state index in [1.54, 1.807) is 6.92 Å². The topological polar surface area (TPSA) is 112 Å². The summed E-state index contributed by atoms with van der Waals surface area (Å²) in [7, 11) is -1.29. The van der Waals surface area contributed by atoms with Crippen LogP contribution in [-0.2, 0) is 14.8 Å². The number of carbonyl (C=O) groups excluding carboxylic acids is 1. The Morgan fingerprint density at radius 2 is 1.80 bits per heavy atom. The maximum Gasteiger partial charge on any atom is 0.407 e. The molecule has 0 spiro atoms. The van der Waals surface area contributed by atoms with Crippen molar-refractivity contribution in [2.45, 2.75) is 66.5 Å². The molecule has 0 radical (unpaired) electrons. The molecule has 0 aromatic rings. The van der Waals surface area contributed by atoms with Crippen LogP contribution >= 0.6 is 24.0 Å². The SMILES string of the molecule is CCNC(=NCCNS(=O)(=O)CC)N(C)CCC(NC(=O)OC(C)(C)C)C(C)C.I. The third kappa shape index (κ3) is 15.1. The van der Waals surface area contributed by atoms with E-state index in [9.17, 15) is 13.2 Å². The Morgan fingerprint density at radius 3 is 2.27 bits per heavy atom. The van der Waals surface area contributed by atoms with Crippen molar-refractivity contribution in [1.82, 2.24) is 20.3 Å². The highest BCUT2D eigenvalue weighted by Gasteiger charge is 2.22. The molecule has 0 aromatic heterocycles. The van der Waals surface area contributed by atoms with Crippen molar-refractivity contribution in [1.29, 1.82) is 0 Å². The monoisotopic (exact) mass is 563 g/mol. The minimum atomic E-state index is -3.21. The quantitative estimate of drug-likeness (QED) is 0.154. The highest BCUT2D eigenvalue weighted by Crippen LogP contribution is 2.11. The lowest BCUT2D eigenvalue weighted by atomic mass is 10.0. The fourth-order valence-corrected chi connectivity index (χ4v) is 3.01. The van der Waals surface area contributed by atoms with Gasteiger partial charge < -0.3 is 20.3 Å². The number of hydrogen-bond acceptors (Lipinski definition) is 5. The Kier molecular flexibility index (Phi) is 15.7. The predicted molar refractivity (Wildman–Crippen MR) is 134 cm³/mol. The van der Waals surface area contributed by atoms with Crippen molar-refractivity contribution in [3.63, 3.8) is 0 Å². The molecule has 0 aliphatic rings. The van der Waals surface area contributed by atoms with Gasteiger partial charge in [0, 0.05) is 32.7 Å². The summed E-state index contributed by atoms with van der Waals surface area (Å²) in [5, 5.41) is 6.16. The average Bonchev–Trinajstić information content (AvgIpc) is 2.59. The Labute approximate surface area is 200 Å². The molecule has 0 saturated heterocycles. The molecule has 3 N–H and O–H groups in total. The summed E-state index contributed by atoms with van der Waals surface area (Å²) >= 11 is 0. The van der Waals surface area contributed by atoms with Gasteiger partial charge in [0.2, 0.25) is 10.0 Å². The summed E-state index contributed by atoms with van der Waals surface area (Å²) < 4.78 is 30.8. The third-order valence-corrected chi connectivity index (χ3v) is 5.46. The van der Waals surface area contributed by atoms with Gasteiger partial charge in [-0.1, -0.05) is 13.8 Å². The first-order valence-corrected chi connectivity index (χ1v) is 11.9. The van der Waals surface area contributed by atoms with Crippen LogP contribution in [0.3, 0.4) is 0 Å². The lowest BCUT2D eigenvalue weighted by molar-refractivity contribution is 0.0485. The minimum absolute atomic E-state index is 0. The molecule has 1 unspecified atom stereocenters. The fraction of sp³-hybridized carbons (Fsp3) is 0.895. The molecular formula is C19H42IN5O4S. The van der Waals surface area contributed by atoms with Gasteiger partial charge >= 0.3 is 6.09 Å². The number of carbonyl (C=O) groups is 1. The number of rotatable bonds is 11. The summed E-state index contributed by atoms with van der Waals surface area (Å²) in [5.41, 5.74) is -0.535. The van der Waals surface area contributed by atoms with E-state index in [2.05, 4.69) is 34.2 Å². The maximum atomic E-state index is 12.1. The van der Waals surface area contributed by atoms with Gasteiger partial charge in [-0.2, -0.15) is 0 Å². The second kappa shape index (κ2) is 15.1. The molecule has 0 saturated carbocycles. The molecule has 180 valence electrons. The van der Waals surface area contributed by atoms with E-state index in [4.69, 9.17) is 4.74 Å². The van der Waals surface area contributed by atoms with Crippen molar-refractivity contribution in [3.05, 3.63) is 0 Å². The van der Waals surface area contributed by atoms with Crippen molar-refractivity contribution < 1.29 is 17.9 Å². The van der Waals surface area contributed by atoms with Crippen molar-refractivity contribution in [2.24, 2.45) is 10.9 Å². The Bertz CT molecular complexity index is 621. The largest absolute Gasteiger partial charge is 0.444 e. The third-order valence-electron chi connectivity index (χ3n) is 4.05. The van der Waals surface area contributed by atoms with Crippen LogP contribution in [0.2, 0.25) is 0 Å². The zero-order valence-electron chi connectivity index (χ0n) is 19.7. The molecular weight excluding hydrogens is 521 g/mol. The molecule has 0 aliphatic carbocycles. The normalized spacial score (nSPS) is 13.4. The molecule has 0 bridgehead atoms. The van der Waals surface area contributed by atoms with E-state index in [0.717, 1.165) is 6.42 Å². The van der Waals surface area contributed by atoms with Crippen LogP contribution < -0.4 is 15.4 Å². The standard InChI is InChI=1S/C19H41N5O4S.HI/c1-9-20-17(21-12-13-22-29(26,27)10-2)24(8)14-11-16(15(3)4)23-18(25)28-19(5,6)7;/h15-16,22H,9-14H2,1-8H3,(H,20,21)(H,23,25);1H. The summed E-state index contributed by atoms with van der Waals surface area (Å²) in [6.07, 6.45) is 0.308. The number of nitrogens with one attached hydrogen (secondary N) is 3. The van der Waals surface area contributed by atoms with Gasteiger partial charge in [-0.05, 0) is 47.0 Å². The molecule has 0 aromatic carbocycles. The number of amides is 1. The second-order valence-electron chi connectivity index (χ2n) is 8.24. The van der Waals surface area contributed by atoms with Crippen LogP contribution in [0.5, 0.6) is 0 Å². The Hall–Kier alpha value is -0.820. The number of sulfonamides is 1. The highest BCUT2D eigenvalue weighted by atomic mass is 127. The van der Waals surface area contributed by atoms with E-state index in [1.165, 1.54) is 0 Å². The maximum absolute atomic E-state index is 12.1. The molecule has 1 amide bonds. The first kappa shape index (κ1) is 31.4. The van der Waals surface area contributed by atoms with Crippen molar-refractivity contribution >= 4 is 46.1 Å². The lowest BCUT2D eigenvalue weighted by Crippen LogP contribution is -2.45. The highest BCUT2D eigenvalue weighted by molar-refractivity contribution is 14.0. The smallest absolute Gasteiger partial charge is 0.407 e. The van der Waals surface area contributed by atoms with Crippen LogP contribution in [0, 0.1) is 5.92 Å². The molecule has 0 rings (SSSR count). The van der Waals surface area contributed by atoms with Crippen molar-refractivity contribution in [3.8, 4) is 0 Å². The first-order chi connectivity index (χ1) is 13.3. The molecule has 0 aliphatic heterocycles. The van der Waals surface area contributed by atoms with Crippen LogP contribution in [0.4, 0.5) is 4.79 Å². The van der Waals surface area contributed by atoms with Crippen LogP contribution in [0.25, 0.3) is 0 Å². The van der Waals surface area contributed by atoms with Crippen LogP contribution in [-0.4, -0.2) is 76.0 Å². The van der Waals surface area contributed by atoms with Gasteiger partial charge in [-0.3, -0.25) is 4.99 Å². The number of nitrogens with zero attached hydrogens (tertiary/aromatic N) is 2. The number of hydrogen-bond donors (Lipinski definition) is 3. The van der Waals surface area contributed by atoms with Crippen LogP contribution in [0.15, 0.2) is 4.99 Å². The molecule has 11 heteroatoms. The summed E-state index contributed by atoms with van der Waals surface area (Å²) in [5.74, 6) is 1.000. The molecule has 9 nitrogen and oxygen atoms in total. The summed E-state index contributed by atoms with van der Waals surface area (Å²) in [6.45, 7) is 15.2. The molecule has 0 heterocycles. The fourth-order valence-electron chi connectivity index (χ4n) is 2.40. The van der Waals surface area contributed by atoms with E-state index in [0.29, 0.717) is 25.6 Å². The zero-order chi connectivity index (χ0) is 22.7. The number of ether oxygens (including phenoxy) is 1. The molecule has 1 atom stereocenters. The second-order valence-corrected chi connectivity index (χ2v) is 10.3. The lowest BCUT2D eigenvalue weighted by Gasteiger charge is -2.28. The van der Waals surface area contributed by atoms with Gasteiger partial charge in [0.05, 0.1) is 12.3 Å². The van der Waals surface area contributed by atoms with Crippen LogP contribution in [0.1, 0.15) is 54.9 Å². The van der Waals surface area contributed by atoms with Gasteiger partial charge in [0.1, 0.15) is 5.60 Å². The number of guanidine groups is 1. The Morgan fingerprint density at radius 1 is 1.20 bits per heavy atom. The minimum Gasteiger partial charge on any atom is -0.444 e. The number of alkyl carbamates (subject to hydrolysis) is 1. The van der Waals surface area contributed by atoms with E-state index in [1.807, 2.05) is 39.6 Å². The average molecular weight is 564 g/mol. The van der Waals surface area contributed by atoms with Gasteiger partial charge in [-0.25, -0.2) is 17.9 Å². The predicted octanol–water partition coefficient (Wildman–Crippen LogP) is 2.38. The van der Waals surface area contributed by atoms with Crippen molar-refractivity contribution in [2.75, 3.05) is 39.0 Å². The molecule has 0 fully saturated rings. The Balaban J connectivity index is 0. The first-order valence-electron chi connectivity index (χ1n) is 10.3. The van der Waals surface area contributed by atoms with E-state index in [-0.39, 0.29) is 48.2 Å². The number of aliphatic imine (C=N–C) groups is 1. The van der Waals surface area contributed by atoms with Gasteiger partial charge in [-0.15, -0.1) is 24.0 Å². The van der Waals surface area contributed by atoms with E-state index >= 15 is 0 Å². The molecule has 30 heavy (non-hydrogen) atoms. The van der Waals surface area contributed by atoms with Gasteiger partial charge in [0.25, 0.3) is 0 Å². The zero-order valence-corrected chi connectivity index (χ0v) is 22.9. The summed E-state index contributed by atoms with van der Waals surface area (Å²) in [6, 6.07) is -0.0356.